The molecular formula is C28H18N2Pd. The van der Waals surface area contributed by atoms with E-state index >= 15 is 0 Å². The topological polar surface area (TPSA) is 25.8 Å². The summed E-state index contributed by atoms with van der Waals surface area (Å²) in [6.07, 6.45) is 9.07. The summed E-state index contributed by atoms with van der Waals surface area (Å²) in [4.78, 5) is 9.03. The smallest absolute Gasteiger partial charge is 0.295 e. The quantitative estimate of drug-likeness (QED) is 0.161. The van der Waals surface area contributed by atoms with Crippen molar-refractivity contribution in [1.82, 2.24) is 9.97 Å². The van der Waals surface area contributed by atoms with Crippen LogP contribution in [0.25, 0.3) is 39.4 Å². The van der Waals surface area contributed by atoms with E-state index in [0.717, 1.165) is 44.4 Å². The molecule has 0 fully saturated rings. The van der Waals surface area contributed by atoms with Gasteiger partial charge in [-0.05, 0) is 18.2 Å². The number of fused-ring (bicyclic) bond motifs is 1. The Morgan fingerprint density at radius 3 is 2.16 bits per heavy atom. The van der Waals surface area contributed by atoms with Gasteiger partial charge in [0, 0.05) is 23.8 Å². The van der Waals surface area contributed by atoms with Crippen LogP contribution in [0.2, 0.25) is 0 Å². The predicted octanol–water partition coefficient (Wildman–Crippen LogP) is 6.63. The van der Waals surface area contributed by atoms with Crippen molar-refractivity contribution in [3.63, 3.8) is 0 Å². The Hall–Kier alpha value is -3.38. The molecule has 0 bridgehead atoms. The predicted molar refractivity (Wildman–Crippen MR) is 122 cm³/mol. The Kier molecular flexibility index (Phi) is 6.48. The monoisotopic (exact) mass is 488 g/mol. The Labute approximate surface area is 196 Å². The molecule has 0 aliphatic heterocycles. The molecule has 3 aromatic carbocycles. The molecule has 5 aromatic rings. The van der Waals surface area contributed by atoms with Gasteiger partial charge in [-0.25, -0.2) is 6.08 Å². The zero-order valence-corrected chi connectivity index (χ0v) is 18.2. The number of aromatic nitrogens is 2. The summed E-state index contributed by atoms with van der Waals surface area (Å²) in [5.41, 5.74) is 5.87. The second-order valence-corrected chi connectivity index (χ2v) is 6.95. The summed E-state index contributed by atoms with van der Waals surface area (Å²) < 4.78 is 0. The van der Waals surface area contributed by atoms with Crippen molar-refractivity contribution in [3.05, 3.63) is 127 Å². The van der Waals surface area contributed by atoms with Crippen molar-refractivity contribution in [1.29, 1.82) is 0 Å². The van der Waals surface area contributed by atoms with Crippen LogP contribution in [0.4, 0.5) is 0 Å². The van der Waals surface area contributed by atoms with Gasteiger partial charge in [-0.3, -0.25) is 9.97 Å². The van der Waals surface area contributed by atoms with E-state index in [-0.39, 0.29) is 20.4 Å². The van der Waals surface area contributed by atoms with E-state index in [0.29, 0.717) is 0 Å². The van der Waals surface area contributed by atoms with Gasteiger partial charge in [0.1, 0.15) is 0 Å². The first-order valence-electron chi connectivity index (χ1n) is 9.85. The third-order valence-corrected chi connectivity index (χ3v) is 4.98. The Morgan fingerprint density at radius 1 is 0.710 bits per heavy atom. The van der Waals surface area contributed by atoms with Crippen LogP contribution in [-0.4, -0.2) is 9.97 Å². The first-order chi connectivity index (χ1) is 14.9. The zero-order chi connectivity index (χ0) is 20.2. The maximum Gasteiger partial charge on any atom is 2.00 e. The standard InChI is InChI=1S/C28H18N2.Pd/c1-4-12-25(27-13-5-7-17-29-27)22(9-1)16-15-21-19-23-10-2-3-11-24(23)26(20-21)28-14-6-8-18-30-28;/h1-15,17-19H;/q-2;+2. The number of hydrogen-bond donors (Lipinski definition) is 0. The third-order valence-electron chi connectivity index (χ3n) is 4.98. The van der Waals surface area contributed by atoms with E-state index < -0.39 is 0 Å². The van der Waals surface area contributed by atoms with E-state index in [9.17, 15) is 0 Å². The van der Waals surface area contributed by atoms with E-state index in [1.165, 1.54) is 0 Å². The second-order valence-electron chi connectivity index (χ2n) is 6.95. The number of pyridine rings is 2. The summed E-state index contributed by atoms with van der Waals surface area (Å²) in [5.74, 6) is 0. The summed E-state index contributed by atoms with van der Waals surface area (Å²) in [6, 6.07) is 34.1. The summed E-state index contributed by atoms with van der Waals surface area (Å²) in [5, 5.41) is 2.30. The van der Waals surface area contributed by atoms with Crippen LogP contribution < -0.4 is 0 Å². The molecule has 0 aliphatic carbocycles. The summed E-state index contributed by atoms with van der Waals surface area (Å²) in [7, 11) is 0. The number of nitrogens with zero attached hydrogens (tertiary/aromatic N) is 2. The Balaban J connectivity index is 0.00000231. The molecule has 0 aliphatic rings. The average molecular weight is 489 g/mol. The molecular weight excluding hydrogens is 471 g/mol. The van der Waals surface area contributed by atoms with Crippen molar-refractivity contribution < 1.29 is 20.4 Å². The number of hydrogen-bond acceptors (Lipinski definition) is 2. The molecule has 0 N–H and O–H groups in total. The zero-order valence-electron chi connectivity index (χ0n) is 16.6. The van der Waals surface area contributed by atoms with Gasteiger partial charge in [0.2, 0.25) is 0 Å². The first kappa shape index (κ1) is 20.9. The van der Waals surface area contributed by atoms with Crippen LogP contribution in [0, 0.1) is 12.1 Å². The van der Waals surface area contributed by atoms with E-state index in [1.807, 2.05) is 73.1 Å². The maximum absolute atomic E-state index is 4.54. The molecule has 5 rings (SSSR count). The van der Waals surface area contributed by atoms with E-state index in [1.54, 1.807) is 0 Å². The molecule has 0 unspecified atom stereocenters. The average Bonchev–Trinajstić information content (AvgIpc) is 2.83. The van der Waals surface area contributed by atoms with Gasteiger partial charge in [-0.1, -0.05) is 70.9 Å². The van der Waals surface area contributed by atoms with Crippen molar-refractivity contribution in [3.8, 4) is 22.5 Å². The molecule has 0 atom stereocenters. The number of benzene rings is 3. The molecule has 31 heavy (non-hydrogen) atoms. The minimum Gasteiger partial charge on any atom is -0.295 e. The van der Waals surface area contributed by atoms with Crippen LogP contribution in [0.15, 0.2) is 103 Å². The minimum atomic E-state index is 0. The van der Waals surface area contributed by atoms with Gasteiger partial charge in [-0.15, -0.1) is 23.3 Å². The van der Waals surface area contributed by atoms with Crippen LogP contribution >= 0.6 is 0 Å². The molecule has 0 saturated heterocycles. The molecule has 2 aromatic heterocycles. The number of rotatable bonds is 4. The van der Waals surface area contributed by atoms with Crippen molar-refractivity contribution in [2.75, 3.05) is 0 Å². The Morgan fingerprint density at radius 2 is 1.39 bits per heavy atom. The van der Waals surface area contributed by atoms with Crippen LogP contribution in [0.3, 0.4) is 0 Å². The van der Waals surface area contributed by atoms with Crippen LogP contribution in [0.1, 0.15) is 11.1 Å². The Bertz CT molecular complexity index is 1330. The van der Waals surface area contributed by atoms with Crippen LogP contribution in [-0.2, 0) is 20.4 Å². The largest absolute Gasteiger partial charge is 2.00 e. The maximum atomic E-state index is 4.54. The van der Waals surface area contributed by atoms with Gasteiger partial charge >= 0.3 is 20.4 Å². The van der Waals surface area contributed by atoms with E-state index in [2.05, 4.69) is 58.5 Å². The minimum absolute atomic E-state index is 0. The van der Waals surface area contributed by atoms with Crippen molar-refractivity contribution in [2.45, 2.75) is 0 Å². The SMILES string of the molecule is [C-](=Cc1[c-]c(-c2ccccn2)c2ccccc2c1)c1ccccc1-c1ccccn1.[Pd+2]. The van der Waals surface area contributed by atoms with Gasteiger partial charge in [0.25, 0.3) is 0 Å². The summed E-state index contributed by atoms with van der Waals surface area (Å²) >= 11 is 0. The van der Waals surface area contributed by atoms with Crippen molar-refractivity contribution in [2.24, 2.45) is 0 Å². The molecule has 2 heterocycles. The fourth-order valence-electron chi connectivity index (χ4n) is 3.57. The molecule has 0 saturated carbocycles. The van der Waals surface area contributed by atoms with E-state index in [4.69, 9.17) is 0 Å². The fraction of sp³-hybridized carbons (Fsp3) is 0. The molecule has 3 heteroatoms. The molecule has 0 spiro atoms. The molecule has 0 radical (unpaired) electrons. The van der Waals surface area contributed by atoms with Gasteiger partial charge in [0.15, 0.2) is 0 Å². The van der Waals surface area contributed by atoms with Crippen LogP contribution in [0.5, 0.6) is 0 Å². The van der Waals surface area contributed by atoms with Gasteiger partial charge in [0.05, 0.1) is 0 Å². The first-order valence-corrected chi connectivity index (χ1v) is 9.85. The normalized spacial score (nSPS) is 10.8. The fourth-order valence-corrected chi connectivity index (χ4v) is 3.57. The van der Waals surface area contributed by atoms with Gasteiger partial charge in [-0.2, -0.15) is 23.8 Å². The molecule has 150 valence electrons. The third kappa shape index (κ3) is 4.54. The van der Waals surface area contributed by atoms with Crippen molar-refractivity contribution >= 4 is 16.8 Å². The second kappa shape index (κ2) is 9.62. The molecule has 0 amide bonds. The summed E-state index contributed by atoms with van der Waals surface area (Å²) in [6.45, 7) is 0. The molecule has 2 nitrogen and oxygen atoms in total. The van der Waals surface area contributed by atoms with Gasteiger partial charge < -0.3 is 0 Å².